The van der Waals surface area contributed by atoms with Crippen LogP contribution in [0, 0.1) is 6.92 Å². The number of amides is 2. The number of anilines is 1. The Morgan fingerprint density at radius 1 is 1.23 bits per heavy atom. The van der Waals surface area contributed by atoms with Gasteiger partial charge in [0.05, 0.1) is 11.7 Å². The minimum atomic E-state index is -0.634. The lowest BCUT2D eigenvalue weighted by Gasteiger charge is -2.20. The first-order valence-electron chi connectivity index (χ1n) is 10.4. The molecule has 0 spiro atoms. The first-order valence-corrected chi connectivity index (χ1v) is 10.4. The molecule has 9 nitrogen and oxygen atoms in total. The van der Waals surface area contributed by atoms with E-state index in [0.29, 0.717) is 13.0 Å². The van der Waals surface area contributed by atoms with E-state index in [9.17, 15) is 9.59 Å². The summed E-state index contributed by atoms with van der Waals surface area (Å²) < 4.78 is 3.69. The van der Waals surface area contributed by atoms with Gasteiger partial charge in [-0.2, -0.15) is 5.10 Å². The Kier molecular flexibility index (Phi) is 4.52. The van der Waals surface area contributed by atoms with Crippen LogP contribution in [0.1, 0.15) is 53.9 Å². The van der Waals surface area contributed by atoms with Crippen LogP contribution in [0.2, 0.25) is 0 Å². The van der Waals surface area contributed by atoms with E-state index >= 15 is 0 Å². The molecule has 2 amide bonds. The summed E-state index contributed by atoms with van der Waals surface area (Å²) in [4.78, 5) is 31.8. The van der Waals surface area contributed by atoms with Crippen LogP contribution < -0.4 is 10.2 Å². The van der Waals surface area contributed by atoms with Crippen LogP contribution in [-0.2, 0) is 17.8 Å². The van der Waals surface area contributed by atoms with Gasteiger partial charge in [0.15, 0.2) is 0 Å². The van der Waals surface area contributed by atoms with Gasteiger partial charge in [-0.25, -0.2) is 14.3 Å². The number of hydrogen-bond acceptors (Lipinski definition) is 5. The molecule has 0 aromatic carbocycles. The normalized spacial score (nSPS) is 23.1. The molecule has 0 fully saturated rings. The second-order valence-corrected chi connectivity index (χ2v) is 8.14. The third kappa shape index (κ3) is 3.14. The van der Waals surface area contributed by atoms with E-state index in [1.165, 1.54) is 5.57 Å². The van der Waals surface area contributed by atoms with Gasteiger partial charge in [0.2, 0.25) is 5.82 Å². The van der Waals surface area contributed by atoms with Crippen molar-refractivity contribution in [2.24, 2.45) is 0 Å². The highest BCUT2D eigenvalue weighted by molar-refractivity contribution is 6.00. The number of nitrogens with zero attached hydrogens (tertiary/aromatic N) is 6. The zero-order valence-corrected chi connectivity index (χ0v) is 17.2. The Hall–Kier alpha value is -3.23. The molecule has 2 atom stereocenters. The lowest BCUT2D eigenvalue weighted by Crippen LogP contribution is -2.47. The number of nitrogens with one attached hydrogen (secondary N) is 1. The fraction of sp³-hybridized carbons (Fsp3) is 0.476. The number of aryl methyl sites for hydroxylation is 3. The summed E-state index contributed by atoms with van der Waals surface area (Å²) in [7, 11) is 1.71. The molecular formula is C21H25N7O2. The highest BCUT2D eigenvalue weighted by Gasteiger charge is 2.33. The standard InChI is InChI=1S/C21H25N7O2/c1-13-12-18-26(2)21(30)15(10-11-27(18)24-13)22-20(29)19-23-17-9-8-16(28(17)25-19)14-6-4-3-5-7-14/h3-4,6,12,15-16H,5,7-11H2,1-2H3,(H,22,29)/t15-,16-/m0/s1. The summed E-state index contributed by atoms with van der Waals surface area (Å²) in [6, 6.07) is 1.41. The Labute approximate surface area is 174 Å². The quantitative estimate of drug-likeness (QED) is 0.835. The molecule has 9 heteroatoms. The van der Waals surface area contributed by atoms with Gasteiger partial charge in [-0.05, 0) is 38.2 Å². The summed E-state index contributed by atoms with van der Waals surface area (Å²) in [5, 5.41) is 11.8. The Morgan fingerprint density at radius 2 is 2.10 bits per heavy atom. The van der Waals surface area contributed by atoms with E-state index in [2.05, 4.69) is 38.7 Å². The maximum absolute atomic E-state index is 12.9. The molecule has 2 aromatic rings. The molecule has 2 aromatic heterocycles. The summed E-state index contributed by atoms with van der Waals surface area (Å²) in [6.45, 7) is 2.46. The van der Waals surface area contributed by atoms with Crippen LogP contribution in [0.25, 0.3) is 0 Å². The summed E-state index contributed by atoms with van der Waals surface area (Å²) in [6.07, 6.45) is 10.7. The van der Waals surface area contributed by atoms with E-state index < -0.39 is 11.9 Å². The molecular weight excluding hydrogens is 382 g/mol. The monoisotopic (exact) mass is 407 g/mol. The van der Waals surface area contributed by atoms with Crippen LogP contribution in [0.3, 0.4) is 0 Å². The molecule has 0 saturated carbocycles. The number of allylic oxidation sites excluding steroid dienone is 4. The highest BCUT2D eigenvalue weighted by Crippen LogP contribution is 2.34. The van der Waals surface area contributed by atoms with Gasteiger partial charge < -0.3 is 5.32 Å². The van der Waals surface area contributed by atoms with Gasteiger partial charge in [-0.3, -0.25) is 14.5 Å². The van der Waals surface area contributed by atoms with E-state index in [4.69, 9.17) is 0 Å². The Bertz CT molecular complexity index is 1080. The maximum atomic E-state index is 12.9. The molecule has 0 unspecified atom stereocenters. The van der Waals surface area contributed by atoms with Crippen molar-refractivity contribution >= 4 is 17.6 Å². The second kappa shape index (κ2) is 7.23. The minimum absolute atomic E-state index is 0.134. The molecule has 30 heavy (non-hydrogen) atoms. The van der Waals surface area contributed by atoms with Crippen molar-refractivity contribution in [1.82, 2.24) is 29.9 Å². The van der Waals surface area contributed by atoms with Crippen molar-refractivity contribution in [3.8, 4) is 0 Å². The smallest absolute Gasteiger partial charge is 0.291 e. The van der Waals surface area contributed by atoms with Crippen LogP contribution in [0.4, 0.5) is 5.82 Å². The van der Waals surface area contributed by atoms with E-state index in [1.807, 2.05) is 17.7 Å². The van der Waals surface area contributed by atoms with Gasteiger partial charge in [0.1, 0.15) is 17.7 Å². The van der Waals surface area contributed by atoms with Gasteiger partial charge in [-0.1, -0.05) is 18.2 Å². The number of carbonyl (C=O) groups is 2. The predicted octanol–water partition coefficient (Wildman–Crippen LogP) is 1.71. The molecule has 1 aliphatic carbocycles. The molecule has 0 bridgehead atoms. The molecule has 0 saturated heterocycles. The number of hydrogen-bond donors (Lipinski definition) is 1. The number of rotatable bonds is 3. The Balaban J connectivity index is 1.32. The predicted molar refractivity (Wildman–Crippen MR) is 110 cm³/mol. The first-order chi connectivity index (χ1) is 14.5. The molecule has 1 N–H and O–H groups in total. The SMILES string of the molecule is Cc1cc2n(n1)CC[C@H](NC(=O)c1nc3n(n1)[C@H](C1=CC=CCC1)CC3)C(=O)N2C. The van der Waals surface area contributed by atoms with Gasteiger partial charge in [-0.15, -0.1) is 5.10 Å². The summed E-state index contributed by atoms with van der Waals surface area (Å²) >= 11 is 0. The van der Waals surface area contributed by atoms with Crippen molar-refractivity contribution in [3.05, 3.63) is 47.2 Å². The molecule has 156 valence electrons. The van der Waals surface area contributed by atoms with Crippen molar-refractivity contribution in [3.63, 3.8) is 0 Å². The van der Waals surface area contributed by atoms with Crippen LogP contribution in [0.5, 0.6) is 0 Å². The molecule has 3 aliphatic rings. The third-order valence-electron chi connectivity index (χ3n) is 6.10. The van der Waals surface area contributed by atoms with Crippen molar-refractivity contribution < 1.29 is 9.59 Å². The Morgan fingerprint density at radius 3 is 2.90 bits per heavy atom. The van der Waals surface area contributed by atoms with Crippen molar-refractivity contribution in [1.29, 1.82) is 0 Å². The topological polar surface area (TPSA) is 97.9 Å². The average Bonchev–Trinajstić information content (AvgIpc) is 3.42. The summed E-state index contributed by atoms with van der Waals surface area (Å²) in [5.41, 5.74) is 2.19. The fourth-order valence-electron chi connectivity index (χ4n) is 4.55. The fourth-order valence-corrected chi connectivity index (χ4v) is 4.55. The summed E-state index contributed by atoms with van der Waals surface area (Å²) in [5.74, 6) is 1.14. The first kappa shape index (κ1) is 18.8. The van der Waals surface area contributed by atoms with E-state index in [1.54, 1.807) is 16.6 Å². The second-order valence-electron chi connectivity index (χ2n) is 8.14. The van der Waals surface area contributed by atoms with E-state index in [-0.39, 0.29) is 17.8 Å². The largest absolute Gasteiger partial charge is 0.337 e. The van der Waals surface area contributed by atoms with Gasteiger partial charge in [0, 0.05) is 26.1 Å². The lowest BCUT2D eigenvalue weighted by atomic mass is 9.97. The third-order valence-corrected chi connectivity index (χ3v) is 6.10. The average molecular weight is 407 g/mol. The number of aromatic nitrogens is 5. The van der Waals surface area contributed by atoms with Crippen molar-refractivity contribution in [2.45, 2.75) is 57.7 Å². The van der Waals surface area contributed by atoms with Gasteiger partial charge in [0.25, 0.3) is 11.8 Å². The molecule has 5 rings (SSSR count). The zero-order valence-electron chi connectivity index (χ0n) is 17.2. The maximum Gasteiger partial charge on any atom is 0.291 e. The minimum Gasteiger partial charge on any atom is -0.337 e. The van der Waals surface area contributed by atoms with Crippen LogP contribution in [-0.4, -0.2) is 49.4 Å². The molecule has 2 aliphatic heterocycles. The van der Waals surface area contributed by atoms with Crippen molar-refractivity contribution in [2.75, 3.05) is 11.9 Å². The zero-order chi connectivity index (χ0) is 20.8. The van der Waals surface area contributed by atoms with Gasteiger partial charge >= 0.3 is 0 Å². The van der Waals surface area contributed by atoms with E-state index in [0.717, 1.165) is 43.0 Å². The molecule has 4 heterocycles. The highest BCUT2D eigenvalue weighted by atomic mass is 16.2. The number of carbonyl (C=O) groups excluding carboxylic acids is 2. The lowest BCUT2D eigenvalue weighted by molar-refractivity contribution is -0.120. The molecule has 0 radical (unpaired) electrons. The number of likely N-dealkylation sites (N-methyl/N-ethyl adjacent to an activating group) is 1. The van der Waals surface area contributed by atoms with Crippen LogP contribution >= 0.6 is 0 Å². The number of fused-ring (bicyclic) bond motifs is 2. The van der Waals surface area contributed by atoms with Crippen LogP contribution in [0.15, 0.2) is 29.9 Å².